The molecule has 0 amide bonds. The van der Waals surface area contributed by atoms with Crippen LogP contribution in [0.3, 0.4) is 0 Å². The van der Waals surface area contributed by atoms with Crippen LogP contribution in [0.2, 0.25) is 0 Å². The van der Waals surface area contributed by atoms with Crippen molar-refractivity contribution in [2.75, 3.05) is 13.1 Å². The summed E-state index contributed by atoms with van der Waals surface area (Å²) in [6.07, 6.45) is 2.83. The monoisotopic (exact) mass is 442 g/mol. The average molecular weight is 442 g/mol. The number of hydrogen-bond acceptors (Lipinski definition) is 7. The Kier molecular flexibility index (Phi) is 5.38. The molecule has 1 aliphatic rings. The van der Waals surface area contributed by atoms with E-state index in [0.717, 1.165) is 17.4 Å². The standard InChI is InChI=1S/C20H18N4O6S/c25-19(14-3-6-16(7-4-14)31(29,30)23-9-1-2-10-23)12-22-13-21-18-11-15(24(27)28)5-8-17(18)20(22)26/h3-8,11,13H,1-2,9-10,12H2. The van der Waals surface area contributed by atoms with Crippen molar-refractivity contribution in [2.45, 2.75) is 24.3 Å². The number of nitro benzene ring substituents is 1. The van der Waals surface area contributed by atoms with E-state index in [1.807, 2.05) is 0 Å². The third kappa shape index (κ3) is 3.97. The van der Waals surface area contributed by atoms with Crippen LogP contribution in [0.25, 0.3) is 10.9 Å². The molecule has 1 fully saturated rings. The van der Waals surface area contributed by atoms with Crippen LogP contribution in [0.4, 0.5) is 5.69 Å². The maximum absolute atomic E-state index is 12.6. The van der Waals surface area contributed by atoms with Gasteiger partial charge in [0.05, 0.1) is 33.6 Å². The summed E-state index contributed by atoms with van der Waals surface area (Å²) in [5, 5.41) is 11.0. The molecule has 2 aromatic carbocycles. The minimum atomic E-state index is -3.57. The molecule has 0 bridgehead atoms. The Balaban J connectivity index is 1.56. The molecule has 0 atom stereocenters. The number of Topliss-reactive ketones (excluding diaryl/α,β-unsaturated/α-hetero) is 1. The number of carbonyl (C=O) groups is 1. The average Bonchev–Trinajstić information content (AvgIpc) is 3.31. The molecule has 0 N–H and O–H groups in total. The van der Waals surface area contributed by atoms with E-state index in [1.165, 1.54) is 53.1 Å². The Morgan fingerprint density at radius 3 is 2.42 bits per heavy atom. The van der Waals surface area contributed by atoms with Crippen LogP contribution in [0.1, 0.15) is 23.2 Å². The Labute approximate surface area is 176 Å². The van der Waals surface area contributed by atoms with Crippen LogP contribution in [0.5, 0.6) is 0 Å². The van der Waals surface area contributed by atoms with Crippen molar-refractivity contribution < 1.29 is 18.1 Å². The minimum absolute atomic E-state index is 0.122. The molecule has 1 saturated heterocycles. The lowest BCUT2D eigenvalue weighted by molar-refractivity contribution is -0.384. The lowest BCUT2D eigenvalue weighted by Crippen LogP contribution is -2.28. The summed E-state index contributed by atoms with van der Waals surface area (Å²) in [5.41, 5.74) is -0.255. The van der Waals surface area contributed by atoms with Crippen molar-refractivity contribution >= 4 is 32.4 Å². The Morgan fingerprint density at radius 1 is 1.10 bits per heavy atom. The molecule has 0 radical (unpaired) electrons. The van der Waals surface area contributed by atoms with Gasteiger partial charge in [-0.3, -0.25) is 24.3 Å². The van der Waals surface area contributed by atoms with Gasteiger partial charge in [0.25, 0.3) is 11.2 Å². The Hall–Kier alpha value is -3.44. The Bertz CT molecular complexity index is 1340. The zero-order valence-corrected chi connectivity index (χ0v) is 17.1. The first-order valence-corrected chi connectivity index (χ1v) is 11.0. The van der Waals surface area contributed by atoms with Gasteiger partial charge in [-0.15, -0.1) is 0 Å². The lowest BCUT2D eigenvalue weighted by atomic mass is 10.1. The third-order valence-electron chi connectivity index (χ3n) is 5.21. The van der Waals surface area contributed by atoms with E-state index < -0.39 is 26.3 Å². The van der Waals surface area contributed by atoms with Gasteiger partial charge in [-0.05, 0) is 43.2 Å². The smallest absolute Gasteiger partial charge is 0.271 e. The molecule has 1 aliphatic heterocycles. The molecule has 0 spiro atoms. The molecule has 0 saturated carbocycles. The Morgan fingerprint density at radius 2 is 1.77 bits per heavy atom. The van der Waals surface area contributed by atoms with Gasteiger partial charge in [0.2, 0.25) is 10.0 Å². The molecule has 0 aliphatic carbocycles. The summed E-state index contributed by atoms with van der Waals surface area (Å²) in [6.45, 7) is 0.686. The number of hydrogen-bond donors (Lipinski definition) is 0. The zero-order chi connectivity index (χ0) is 22.2. The molecule has 3 aromatic rings. The maximum atomic E-state index is 12.6. The van der Waals surface area contributed by atoms with E-state index >= 15 is 0 Å². The first-order chi connectivity index (χ1) is 14.8. The molecule has 1 aromatic heterocycles. The molecule has 4 rings (SSSR count). The van der Waals surface area contributed by atoms with Crippen molar-refractivity contribution in [3.63, 3.8) is 0 Å². The number of benzene rings is 2. The van der Waals surface area contributed by atoms with Crippen molar-refractivity contribution in [3.8, 4) is 0 Å². The van der Waals surface area contributed by atoms with Gasteiger partial charge in [-0.25, -0.2) is 13.4 Å². The molecule has 160 valence electrons. The molecular formula is C20H18N4O6S. The molecule has 31 heavy (non-hydrogen) atoms. The van der Waals surface area contributed by atoms with E-state index in [-0.39, 0.29) is 33.6 Å². The number of fused-ring (bicyclic) bond motifs is 1. The quantitative estimate of drug-likeness (QED) is 0.324. The number of ketones is 1. The fourth-order valence-electron chi connectivity index (χ4n) is 3.51. The number of nitrogens with zero attached hydrogens (tertiary/aromatic N) is 4. The lowest BCUT2D eigenvalue weighted by Gasteiger charge is -2.15. The fourth-order valence-corrected chi connectivity index (χ4v) is 5.03. The van der Waals surface area contributed by atoms with E-state index in [9.17, 15) is 28.1 Å². The van der Waals surface area contributed by atoms with Crippen molar-refractivity contribution in [2.24, 2.45) is 0 Å². The topological polar surface area (TPSA) is 132 Å². The summed E-state index contributed by atoms with van der Waals surface area (Å²) in [4.78, 5) is 39.7. The summed E-state index contributed by atoms with van der Waals surface area (Å²) in [5.74, 6) is -0.393. The SMILES string of the molecule is O=C(Cn1cnc2cc([N+](=O)[O-])ccc2c1=O)c1ccc(S(=O)(=O)N2CCCC2)cc1. The first kappa shape index (κ1) is 20.8. The highest BCUT2D eigenvalue weighted by atomic mass is 32.2. The molecule has 2 heterocycles. The van der Waals surface area contributed by atoms with Gasteiger partial charge in [0.15, 0.2) is 5.78 Å². The van der Waals surface area contributed by atoms with Gasteiger partial charge in [0, 0.05) is 30.8 Å². The number of sulfonamides is 1. The predicted molar refractivity (Wildman–Crippen MR) is 111 cm³/mol. The second-order valence-corrected chi connectivity index (χ2v) is 9.13. The van der Waals surface area contributed by atoms with Gasteiger partial charge in [0.1, 0.15) is 0 Å². The van der Waals surface area contributed by atoms with Crippen LogP contribution >= 0.6 is 0 Å². The maximum Gasteiger partial charge on any atom is 0.271 e. The molecule has 11 heteroatoms. The van der Waals surface area contributed by atoms with Crippen LogP contribution in [0, 0.1) is 10.1 Å². The highest BCUT2D eigenvalue weighted by molar-refractivity contribution is 7.89. The summed E-state index contributed by atoms with van der Waals surface area (Å²) < 4.78 is 27.7. The van der Waals surface area contributed by atoms with Crippen LogP contribution in [0.15, 0.2) is 58.5 Å². The molecule has 0 unspecified atom stereocenters. The van der Waals surface area contributed by atoms with Gasteiger partial charge in [-0.1, -0.05) is 0 Å². The summed E-state index contributed by atoms with van der Waals surface area (Å²) >= 11 is 0. The van der Waals surface area contributed by atoms with Crippen LogP contribution in [-0.4, -0.2) is 46.1 Å². The number of aromatic nitrogens is 2. The zero-order valence-electron chi connectivity index (χ0n) is 16.3. The van der Waals surface area contributed by atoms with E-state index in [4.69, 9.17) is 0 Å². The fraction of sp³-hybridized carbons (Fsp3) is 0.250. The highest BCUT2D eigenvalue weighted by Gasteiger charge is 2.27. The van der Waals surface area contributed by atoms with Crippen LogP contribution in [-0.2, 0) is 16.6 Å². The van der Waals surface area contributed by atoms with Crippen molar-refractivity contribution in [3.05, 3.63) is 74.8 Å². The number of rotatable bonds is 6. The number of non-ortho nitro benzene ring substituents is 1. The van der Waals surface area contributed by atoms with Gasteiger partial charge in [-0.2, -0.15) is 4.31 Å². The second kappa shape index (κ2) is 8.00. The number of nitro groups is 1. The van der Waals surface area contributed by atoms with Crippen molar-refractivity contribution in [1.29, 1.82) is 0 Å². The third-order valence-corrected chi connectivity index (χ3v) is 7.13. The summed E-state index contributed by atoms with van der Waals surface area (Å²) in [6, 6.07) is 9.34. The largest absolute Gasteiger partial charge is 0.292 e. The van der Waals surface area contributed by atoms with Gasteiger partial charge >= 0.3 is 0 Å². The van der Waals surface area contributed by atoms with E-state index in [1.54, 1.807) is 0 Å². The first-order valence-electron chi connectivity index (χ1n) is 9.54. The van der Waals surface area contributed by atoms with Crippen LogP contribution < -0.4 is 5.56 Å². The summed E-state index contributed by atoms with van der Waals surface area (Å²) in [7, 11) is -3.57. The molecular weight excluding hydrogens is 424 g/mol. The van der Waals surface area contributed by atoms with Gasteiger partial charge < -0.3 is 0 Å². The van der Waals surface area contributed by atoms with Crippen molar-refractivity contribution in [1.82, 2.24) is 13.9 Å². The number of carbonyl (C=O) groups excluding carboxylic acids is 1. The second-order valence-electron chi connectivity index (χ2n) is 7.19. The minimum Gasteiger partial charge on any atom is -0.292 e. The predicted octanol–water partition coefficient (Wildman–Crippen LogP) is 1.97. The van der Waals surface area contributed by atoms with E-state index in [2.05, 4.69) is 4.98 Å². The highest BCUT2D eigenvalue weighted by Crippen LogP contribution is 2.21. The normalized spacial score (nSPS) is 14.7. The van der Waals surface area contributed by atoms with E-state index in [0.29, 0.717) is 13.1 Å². The molecule has 10 nitrogen and oxygen atoms in total.